The predicted molar refractivity (Wildman–Crippen MR) is 226 cm³/mol. The zero-order chi connectivity index (χ0) is 34.9. The Hall–Kier alpha value is -6.07. The van der Waals surface area contributed by atoms with Crippen LogP contribution < -0.4 is 4.90 Å². The van der Waals surface area contributed by atoms with Crippen LogP contribution in [0.5, 0.6) is 0 Å². The third-order valence-electron chi connectivity index (χ3n) is 10.5. The quantitative estimate of drug-likeness (QED) is 0.177. The Kier molecular flexibility index (Phi) is 7.07. The molecule has 0 atom stereocenters. The molecule has 4 heteroatoms. The molecule has 0 radical (unpaired) electrons. The summed E-state index contributed by atoms with van der Waals surface area (Å²) < 4.78 is 8.76. The molecule has 0 unspecified atom stereocenters. The van der Waals surface area contributed by atoms with Crippen LogP contribution >= 0.6 is 23.1 Å². The van der Waals surface area contributed by atoms with Crippen LogP contribution in [-0.2, 0) is 6.42 Å². The van der Waals surface area contributed by atoms with Gasteiger partial charge >= 0.3 is 0 Å². The number of anilines is 3. The van der Waals surface area contributed by atoms with E-state index < -0.39 is 0 Å². The summed E-state index contributed by atoms with van der Waals surface area (Å²) in [7, 11) is 0. The second kappa shape index (κ2) is 12.3. The van der Waals surface area contributed by atoms with Gasteiger partial charge in [0.1, 0.15) is 11.2 Å². The standard InChI is InChI=1S/C49H31NOS2/c1-3-11-34(12-4-1)50(35-13-5-2-6-14-35)43-17-10-19-46-42(43)29-33-27-36(52-46)23-25-37(33)32-21-24-40-48(30-32)53-47-20-9-16-38(49(40)47)31-22-26-45-41(28-31)39-15-7-8-18-44(39)51-45/h1-28,30H,29H2. The number of para-hydroxylation sites is 3. The van der Waals surface area contributed by atoms with Crippen LogP contribution in [0.15, 0.2) is 190 Å². The number of hydrogen-bond donors (Lipinski definition) is 0. The average Bonchev–Trinajstić information content (AvgIpc) is 3.73. The van der Waals surface area contributed by atoms with Gasteiger partial charge in [-0.05, 0) is 112 Å². The van der Waals surface area contributed by atoms with Crippen molar-refractivity contribution >= 4 is 82.3 Å². The van der Waals surface area contributed by atoms with Gasteiger partial charge in [0.15, 0.2) is 0 Å². The molecule has 0 saturated heterocycles. The van der Waals surface area contributed by atoms with Crippen molar-refractivity contribution in [1.82, 2.24) is 0 Å². The first-order valence-corrected chi connectivity index (χ1v) is 19.6. The van der Waals surface area contributed by atoms with E-state index in [0.717, 1.165) is 39.7 Å². The van der Waals surface area contributed by atoms with Gasteiger partial charge < -0.3 is 9.32 Å². The molecule has 2 aromatic heterocycles. The fraction of sp³-hybridized carbons (Fsp3) is 0.0204. The minimum Gasteiger partial charge on any atom is -0.456 e. The van der Waals surface area contributed by atoms with Crippen molar-refractivity contribution < 1.29 is 4.42 Å². The summed E-state index contributed by atoms with van der Waals surface area (Å²) >= 11 is 3.75. The molecule has 11 rings (SSSR count). The van der Waals surface area contributed by atoms with Crippen LogP contribution in [0.1, 0.15) is 11.1 Å². The highest BCUT2D eigenvalue weighted by molar-refractivity contribution is 7.99. The van der Waals surface area contributed by atoms with Crippen molar-refractivity contribution in [1.29, 1.82) is 0 Å². The fourth-order valence-corrected chi connectivity index (χ4v) is 10.3. The van der Waals surface area contributed by atoms with Gasteiger partial charge in [0.05, 0.1) is 5.69 Å². The third-order valence-corrected chi connectivity index (χ3v) is 12.8. The number of fused-ring (bicyclic) bond motifs is 9. The highest BCUT2D eigenvalue weighted by Gasteiger charge is 2.23. The van der Waals surface area contributed by atoms with E-state index in [2.05, 4.69) is 169 Å². The van der Waals surface area contributed by atoms with Gasteiger partial charge in [0.25, 0.3) is 0 Å². The van der Waals surface area contributed by atoms with Gasteiger partial charge in [-0.3, -0.25) is 0 Å². The Morgan fingerprint density at radius 1 is 0.491 bits per heavy atom. The predicted octanol–water partition coefficient (Wildman–Crippen LogP) is 14.8. The minimum absolute atomic E-state index is 0.845. The summed E-state index contributed by atoms with van der Waals surface area (Å²) in [5.74, 6) is 0. The SMILES string of the molecule is c1ccc(N(c2ccccc2)c2cccc3c2Cc2cc(ccc2-c2ccc4c(c2)sc2cccc(-c5ccc6oc7ccccc7c6c5)c24)S3)cc1. The van der Waals surface area contributed by atoms with Gasteiger partial charge in [-0.25, -0.2) is 0 Å². The smallest absolute Gasteiger partial charge is 0.135 e. The van der Waals surface area contributed by atoms with Crippen LogP contribution in [-0.4, -0.2) is 0 Å². The molecule has 3 heterocycles. The van der Waals surface area contributed by atoms with Crippen LogP contribution in [0, 0.1) is 0 Å². The average molecular weight is 714 g/mol. The van der Waals surface area contributed by atoms with E-state index >= 15 is 0 Å². The molecule has 1 aliphatic rings. The molecule has 10 aromatic rings. The Morgan fingerprint density at radius 2 is 1.23 bits per heavy atom. The van der Waals surface area contributed by atoms with Crippen molar-refractivity contribution in [3.63, 3.8) is 0 Å². The molecule has 2 bridgehead atoms. The zero-order valence-corrected chi connectivity index (χ0v) is 30.3. The third kappa shape index (κ3) is 5.09. The van der Waals surface area contributed by atoms with E-state index in [-0.39, 0.29) is 0 Å². The number of thiophene rings is 1. The lowest BCUT2D eigenvalue weighted by molar-refractivity contribution is 0.669. The van der Waals surface area contributed by atoms with Crippen LogP contribution in [0.2, 0.25) is 0 Å². The van der Waals surface area contributed by atoms with Crippen LogP contribution in [0.3, 0.4) is 0 Å². The number of rotatable bonds is 5. The molecular formula is C49H31NOS2. The van der Waals surface area contributed by atoms with E-state index in [1.54, 1.807) is 0 Å². The normalized spacial score (nSPS) is 12.4. The second-order valence-electron chi connectivity index (χ2n) is 13.7. The maximum Gasteiger partial charge on any atom is 0.135 e. The first kappa shape index (κ1) is 30.5. The van der Waals surface area contributed by atoms with E-state index in [9.17, 15) is 0 Å². The van der Waals surface area contributed by atoms with E-state index in [4.69, 9.17) is 4.42 Å². The Morgan fingerprint density at radius 3 is 2.08 bits per heavy atom. The van der Waals surface area contributed by atoms with Crippen molar-refractivity contribution in [3.05, 3.63) is 187 Å². The van der Waals surface area contributed by atoms with Crippen molar-refractivity contribution in [2.75, 3.05) is 4.90 Å². The number of furan rings is 1. The van der Waals surface area contributed by atoms with Crippen molar-refractivity contribution in [2.24, 2.45) is 0 Å². The van der Waals surface area contributed by atoms with Gasteiger partial charge in [0, 0.05) is 58.5 Å². The summed E-state index contributed by atoms with van der Waals surface area (Å²) in [6.45, 7) is 0. The monoisotopic (exact) mass is 713 g/mol. The highest BCUT2D eigenvalue weighted by Crippen LogP contribution is 2.47. The number of benzene rings is 8. The lowest BCUT2D eigenvalue weighted by Gasteiger charge is -2.28. The lowest BCUT2D eigenvalue weighted by Crippen LogP contribution is -2.12. The fourth-order valence-electron chi connectivity index (χ4n) is 8.12. The van der Waals surface area contributed by atoms with Crippen LogP contribution in [0.4, 0.5) is 17.1 Å². The second-order valence-corrected chi connectivity index (χ2v) is 15.9. The van der Waals surface area contributed by atoms with Crippen molar-refractivity contribution in [3.8, 4) is 22.3 Å². The maximum atomic E-state index is 6.16. The molecule has 53 heavy (non-hydrogen) atoms. The van der Waals surface area contributed by atoms with Gasteiger partial charge in [0.2, 0.25) is 0 Å². The molecule has 0 aliphatic carbocycles. The van der Waals surface area contributed by atoms with Gasteiger partial charge in [-0.1, -0.05) is 109 Å². The zero-order valence-electron chi connectivity index (χ0n) is 28.6. The Labute approximate surface area is 315 Å². The van der Waals surface area contributed by atoms with E-state index in [1.165, 1.54) is 69.0 Å². The first-order chi connectivity index (χ1) is 26.2. The molecule has 8 aromatic carbocycles. The molecule has 0 amide bonds. The summed E-state index contributed by atoms with van der Waals surface area (Å²) in [4.78, 5) is 4.99. The molecule has 2 nitrogen and oxygen atoms in total. The molecule has 250 valence electrons. The molecule has 1 aliphatic heterocycles. The maximum absolute atomic E-state index is 6.16. The minimum atomic E-state index is 0.845. The molecule has 0 fully saturated rings. The highest BCUT2D eigenvalue weighted by atomic mass is 32.2. The van der Waals surface area contributed by atoms with Gasteiger partial charge in [-0.2, -0.15) is 0 Å². The Bertz CT molecular complexity index is 2970. The molecule has 0 N–H and O–H groups in total. The first-order valence-electron chi connectivity index (χ1n) is 18.0. The summed E-state index contributed by atoms with van der Waals surface area (Å²) in [5, 5.41) is 4.93. The number of hydrogen-bond acceptors (Lipinski definition) is 4. The molecule has 0 saturated carbocycles. The largest absolute Gasteiger partial charge is 0.456 e. The molecular weight excluding hydrogens is 683 g/mol. The topological polar surface area (TPSA) is 16.4 Å². The van der Waals surface area contributed by atoms with Crippen LogP contribution in [0.25, 0.3) is 64.4 Å². The molecule has 0 spiro atoms. The number of nitrogens with zero attached hydrogens (tertiary/aromatic N) is 1. The lowest BCUT2D eigenvalue weighted by atomic mass is 9.93. The van der Waals surface area contributed by atoms with Gasteiger partial charge in [-0.15, -0.1) is 11.3 Å². The van der Waals surface area contributed by atoms with Crippen molar-refractivity contribution in [2.45, 2.75) is 16.2 Å². The van der Waals surface area contributed by atoms with E-state index in [1.807, 2.05) is 35.2 Å². The summed E-state index contributed by atoms with van der Waals surface area (Å²) in [6.07, 6.45) is 0.845. The summed E-state index contributed by atoms with van der Waals surface area (Å²) in [5.41, 5.74) is 13.1. The Balaban J connectivity index is 1.02. The summed E-state index contributed by atoms with van der Waals surface area (Å²) in [6, 6.07) is 64.0. The van der Waals surface area contributed by atoms with E-state index in [0.29, 0.717) is 0 Å².